The second-order valence-electron chi connectivity index (χ2n) is 5.73. The molecule has 2 aromatic rings. The van der Waals surface area contributed by atoms with E-state index >= 15 is 0 Å². The van der Waals surface area contributed by atoms with Gasteiger partial charge in [-0.25, -0.2) is 4.98 Å². The molecule has 1 aromatic heterocycles. The summed E-state index contributed by atoms with van der Waals surface area (Å²) in [7, 11) is 0. The van der Waals surface area contributed by atoms with Gasteiger partial charge in [0, 0.05) is 10.9 Å². The molecule has 2 aliphatic rings. The molecule has 7 heteroatoms. The molecule has 4 atom stereocenters. The first-order chi connectivity index (χ1) is 11.6. The van der Waals surface area contributed by atoms with Crippen LogP contribution in [-0.4, -0.2) is 34.2 Å². The maximum Gasteiger partial charge on any atom is 0.310 e. The number of carbonyl (C=O) groups is 2. The lowest BCUT2D eigenvalue weighted by molar-refractivity contribution is -0.145. The molecule has 1 amide bonds. The number of thiazole rings is 1. The third kappa shape index (κ3) is 2.51. The van der Waals surface area contributed by atoms with Gasteiger partial charge < -0.3 is 15.2 Å². The van der Waals surface area contributed by atoms with Crippen LogP contribution in [0.1, 0.15) is 0 Å². The lowest BCUT2D eigenvalue weighted by Crippen LogP contribution is -2.39. The van der Waals surface area contributed by atoms with Crippen molar-refractivity contribution in [3.8, 4) is 11.3 Å². The van der Waals surface area contributed by atoms with Crippen molar-refractivity contribution < 1.29 is 19.4 Å². The van der Waals surface area contributed by atoms with Crippen LogP contribution in [0.15, 0.2) is 47.9 Å². The standard InChI is InChI=1S/C17H14N2O4S/c20-15(13-11-6-7-12(23-11)14(13)16(21)22)19-17-18-10(8-24-17)9-4-2-1-3-5-9/h1-8,11-14H,(H,21,22)(H,18,19,20)/t11-,12+,13+,14-/m1/s1. The molecule has 2 aliphatic heterocycles. The molecule has 4 rings (SSSR count). The molecule has 3 heterocycles. The summed E-state index contributed by atoms with van der Waals surface area (Å²) in [5, 5.41) is 14.4. The fourth-order valence-corrected chi connectivity index (χ4v) is 3.90. The minimum Gasteiger partial charge on any atom is -0.481 e. The van der Waals surface area contributed by atoms with Gasteiger partial charge in [0.05, 0.1) is 23.8 Å². The third-order valence-electron chi connectivity index (χ3n) is 4.29. The van der Waals surface area contributed by atoms with E-state index in [1.165, 1.54) is 11.3 Å². The number of rotatable bonds is 4. The zero-order valence-electron chi connectivity index (χ0n) is 12.5. The van der Waals surface area contributed by atoms with E-state index in [2.05, 4.69) is 10.3 Å². The summed E-state index contributed by atoms with van der Waals surface area (Å²) in [5.41, 5.74) is 1.73. The van der Waals surface area contributed by atoms with E-state index < -0.39 is 30.0 Å². The van der Waals surface area contributed by atoms with Crippen molar-refractivity contribution in [1.82, 2.24) is 4.98 Å². The zero-order valence-corrected chi connectivity index (χ0v) is 13.3. The molecule has 24 heavy (non-hydrogen) atoms. The lowest BCUT2D eigenvalue weighted by Gasteiger charge is -2.20. The number of carbonyl (C=O) groups excluding carboxylic acids is 1. The number of nitrogens with one attached hydrogen (secondary N) is 1. The highest BCUT2D eigenvalue weighted by molar-refractivity contribution is 7.14. The Labute approximate surface area is 141 Å². The molecule has 0 radical (unpaired) electrons. The first-order valence-corrected chi connectivity index (χ1v) is 8.40. The Morgan fingerprint density at radius 2 is 1.83 bits per heavy atom. The summed E-state index contributed by atoms with van der Waals surface area (Å²) < 4.78 is 5.52. The van der Waals surface area contributed by atoms with Crippen molar-refractivity contribution in [2.24, 2.45) is 11.8 Å². The minimum atomic E-state index is -1.02. The largest absolute Gasteiger partial charge is 0.481 e. The van der Waals surface area contributed by atoms with Gasteiger partial charge in [-0.15, -0.1) is 11.3 Å². The lowest BCUT2D eigenvalue weighted by atomic mass is 9.82. The number of amides is 1. The monoisotopic (exact) mass is 342 g/mol. The number of carboxylic acids is 1. The van der Waals surface area contributed by atoms with Crippen molar-refractivity contribution in [3.63, 3.8) is 0 Å². The summed E-state index contributed by atoms with van der Waals surface area (Å²) in [4.78, 5) is 28.4. The second kappa shape index (κ2) is 5.85. The summed E-state index contributed by atoms with van der Waals surface area (Å²) in [6.45, 7) is 0. The van der Waals surface area contributed by atoms with Gasteiger partial charge in [0.1, 0.15) is 5.92 Å². The fourth-order valence-electron chi connectivity index (χ4n) is 3.18. The predicted molar refractivity (Wildman–Crippen MR) is 88.6 cm³/mol. The molecule has 1 fully saturated rings. The smallest absolute Gasteiger partial charge is 0.310 e. The minimum absolute atomic E-state index is 0.367. The Bertz CT molecular complexity index is 817. The van der Waals surface area contributed by atoms with E-state index in [-0.39, 0.29) is 5.91 Å². The Morgan fingerprint density at radius 3 is 2.54 bits per heavy atom. The predicted octanol–water partition coefficient (Wildman–Crippen LogP) is 2.40. The average Bonchev–Trinajstić information content (AvgIpc) is 3.30. The number of hydrogen-bond donors (Lipinski definition) is 2. The van der Waals surface area contributed by atoms with Crippen LogP contribution in [0.4, 0.5) is 5.13 Å². The molecule has 0 unspecified atom stereocenters. The highest BCUT2D eigenvalue weighted by Crippen LogP contribution is 2.40. The van der Waals surface area contributed by atoms with Crippen molar-refractivity contribution in [3.05, 3.63) is 47.9 Å². The van der Waals surface area contributed by atoms with Crippen molar-refractivity contribution in [1.29, 1.82) is 0 Å². The van der Waals surface area contributed by atoms with Crippen LogP contribution < -0.4 is 5.32 Å². The van der Waals surface area contributed by atoms with Crippen molar-refractivity contribution in [2.45, 2.75) is 12.2 Å². The van der Waals surface area contributed by atoms with Crippen LogP contribution in [-0.2, 0) is 14.3 Å². The quantitative estimate of drug-likeness (QED) is 0.833. The van der Waals surface area contributed by atoms with Crippen molar-refractivity contribution >= 4 is 28.3 Å². The number of aliphatic carboxylic acids is 1. The molecule has 0 spiro atoms. The van der Waals surface area contributed by atoms with Gasteiger partial charge in [-0.2, -0.15) is 0 Å². The number of aromatic nitrogens is 1. The van der Waals surface area contributed by atoms with Gasteiger partial charge in [0.2, 0.25) is 5.91 Å². The highest BCUT2D eigenvalue weighted by Gasteiger charge is 2.53. The Balaban J connectivity index is 1.52. The van der Waals surface area contributed by atoms with Gasteiger partial charge in [-0.3, -0.25) is 9.59 Å². The number of anilines is 1. The Morgan fingerprint density at radius 1 is 1.12 bits per heavy atom. The summed E-state index contributed by atoms with van der Waals surface area (Å²) >= 11 is 1.31. The molecule has 2 bridgehead atoms. The number of carboxylic acid groups (broad SMARTS) is 1. The molecular weight excluding hydrogens is 328 g/mol. The number of ether oxygens (including phenoxy) is 1. The topological polar surface area (TPSA) is 88.5 Å². The van der Waals surface area contributed by atoms with E-state index in [0.29, 0.717) is 5.13 Å². The van der Waals surface area contributed by atoms with Crippen LogP contribution in [0.5, 0.6) is 0 Å². The third-order valence-corrected chi connectivity index (χ3v) is 5.05. The second-order valence-corrected chi connectivity index (χ2v) is 6.59. The van der Waals surface area contributed by atoms with Gasteiger partial charge in [0.15, 0.2) is 5.13 Å². The highest BCUT2D eigenvalue weighted by atomic mass is 32.1. The van der Waals surface area contributed by atoms with Crippen molar-refractivity contribution in [2.75, 3.05) is 5.32 Å². The fraction of sp³-hybridized carbons (Fsp3) is 0.235. The Kier molecular flexibility index (Phi) is 3.66. The first kappa shape index (κ1) is 15.0. The summed E-state index contributed by atoms with van der Waals surface area (Å²) in [6.07, 6.45) is 2.46. The van der Waals surface area contributed by atoms with Crippen LogP contribution >= 0.6 is 11.3 Å². The maximum absolute atomic E-state index is 12.5. The van der Waals surface area contributed by atoms with E-state index in [1.54, 1.807) is 12.2 Å². The molecule has 0 saturated carbocycles. The number of hydrogen-bond acceptors (Lipinski definition) is 5. The maximum atomic E-state index is 12.5. The van der Waals surface area contributed by atoms with Crippen LogP contribution in [0.3, 0.4) is 0 Å². The first-order valence-electron chi connectivity index (χ1n) is 7.52. The number of fused-ring (bicyclic) bond motifs is 2. The average molecular weight is 342 g/mol. The van der Waals surface area contributed by atoms with Crippen LogP contribution in [0, 0.1) is 11.8 Å². The molecule has 0 aliphatic carbocycles. The van der Waals surface area contributed by atoms with E-state index in [1.807, 2.05) is 35.7 Å². The Hall–Kier alpha value is -2.51. The van der Waals surface area contributed by atoms with Crippen LogP contribution in [0.25, 0.3) is 11.3 Å². The summed E-state index contributed by atoms with van der Waals surface area (Å²) in [6, 6.07) is 9.64. The molecule has 6 nitrogen and oxygen atoms in total. The summed E-state index contributed by atoms with van der Waals surface area (Å²) in [5.74, 6) is -2.97. The van der Waals surface area contributed by atoms with Crippen LogP contribution in [0.2, 0.25) is 0 Å². The van der Waals surface area contributed by atoms with Gasteiger partial charge in [-0.1, -0.05) is 42.5 Å². The molecule has 122 valence electrons. The van der Waals surface area contributed by atoms with E-state index in [9.17, 15) is 14.7 Å². The zero-order chi connectivity index (χ0) is 16.7. The molecule has 1 saturated heterocycles. The van der Waals surface area contributed by atoms with Gasteiger partial charge in [0.25, 0.3) is 0 Å². The molecule has 1 aromatic carbocycles. The SMILES string of the molecule is O=C(Nc1nc(-c2ccccc2)cs1)[C@@H]1[C@H](C(=O)O)[C@@H]2C=C[C@H]1O2. The molecular formula is C17H14N2O4S. The normalized spacial score (nSPS) is 27.3. The molecule has 2 N–H and O–H groups in total. The van der Waals surface area contributed by atoms with Gasteiger partial charge >= 0.3 is 5.97 Å². The van der Waals surface area contributed by atoms with E-state index in [4.69, 9.17) is 4.74 Å². The number of benzene rings is 1. The number of nitrogens with zero attached hydrogens (tertiary/aromatic N) is 1. The van der Waals surface area contributed by atoms with Gasteiger partial charge in [-0.05, 0) is 0 Å². The van der Waals surface area contributed by atoms with E-state index in [0.717, 1.165) is 11.3 Å².